The monoisotopic (exact) mass is 274 g/mol. The second kappa shape index (κ2) is 6.23. The highest BCUT2D eigenvalue weighted by Crippen LogP contribution is 2.26. The van der Waals surface area contributed by atoms with Crippen molar-refractivity contribution in [2.45, 2.75) is 19.9 Å². The van der Waals surface area contributed by atoms with Crippen LogP contribution < -0.4 is 9.47 Å². The lowest BCUT2D eigenvalue weighted by molar-refractivity contribution is 0.102. The first-order chi connectivity index (χ1) is 9.71. The molecule has 1 aromatic carbocycles. The highest BCUT2D eigenvalue weighted by Gasteiger charge is 2.19. The number of carbonyl (C=O) groups excluding carboxylic acids is 1. The molecule has 0 atom stereocenters. The lowest BCUT2D eigenvalue weighted by Gasteiger charge is -2.10. The Morgan fingerprint density at radius 3 is 2.70 bits per heavy atom. The quantitative estimate of drug-likeness (QED) is 0.760. The van der Waals surface area contributed by atoms with Crippen molar-refractivity contribution in [1.82, 2.24) is 9.78 Å². The van der Waals surface area contributed by atoms with Gasteiger partial charge in [-0.1, -0.05) is 6.92 Å². The Morgan fingerprint density at radius 2 is 2.05 bits per heavy atom. The van der Waals surface area contributed by atoms with E-state index >= 15 is 0 Å². The predicted molar refractivity (Wildman–Crippen MR) is 75.5 cm³/mol. The van der Waals surface area contributed by atoms with Gasteiger partial charge in [-0.05, 0) is 30.7 Å². The molecule has 0 bridgehead atoms. The number of hydrogen-bond donors (Lipinski definition) is 0. The van der Waals surface area contributed by atoms with Crippen molar-refractivity contribution in [3.63, 3.8) is 0 Å². The van der Waals surface area contributed by atoms with Gasteiger partial charge in [0.15, 0.2) is 0 Å². The van der Waals surface area contributed by atoms with Crippen LogP contribution in [0.2, 0.25) is 0 Å². The van der Waals surface area contributed by atoms with Gasteiger partial charge >= 0.3 is 0 Å². The molecule has 5 nitrogen and oxygen atoms in total. The van der Waals surface area contributed by atoms with E-state index in [2.05, 4.69) is 5.10 Å². The summed E-state index contributed by atoms with van der Waals surface area (Å²) in [5.74, 6) is 1.03. The molecule has 0 aliphatic heterocycles. The maximum atomic E-state index is 12.7. The fourth-order valence-corrected chi connectivity index (χ4v) is 2.05. The smallest absolute Gasteiger partial charge is 0.214 e. The third kappa shape index (κ3) is 2.66. The van der Waals surface area contributed by atoms with Gasteiger partial charge in [-0.15, -0.1) is 0 Å². The van der Waals surface area contributed by atoms with E-state index in [1.54, 1.807) is 49.4 Å². The fraction of sp³-hybridized carbons (Fsp3) is 0.333. The van der Waals surface area contributed by atoms with E-state index < -0.39 is 0 Å². The van der Waals surface area contributed by atoms with Gasteiger partial charge in [0.2, 0.25) is 5.78 Å². The van der Waals surface area contributed by atoms with Gasteiger partial charge in [-0.25, -0.2) is 0 Å². The van der Waals surface area contributed by atoms with Crippen LogP contribution >= 0.6 is 0 Å². The molecular weight excluding hydrogens is 256 g/mol. The highest BCUT2D eigenvalue weighted by atomic mass is 16.5. The van der Waals surface area contributed by atoms with Crippen LogP contribution in [0.5, 0.6) is 11.5 Å². The van der Waals surface area contributed by atoms with Crippen LogP contribution in [0, 0.1) is 0 Å². The van der Waals surface area contributed by atoms with E-state index in [-0.39, 0.29) is 5.78 Å². The van der Waals surface area contributed by atoms with Crippen LogP contribution in [0.3, 0.4) is 0 Å². The van der Waals surface area contributed by atoms with E-state index in [0.29, 0.717) is 29.3 Å². The molecule has 0 N–H and O–H groups in total. The van der Waals surface area contributed by atoms with Gasteiger partial charge in [-0.2, -0.15) is 5.10 Å². The summed E-state index contributed by atoms with van der Waals surface area (Å²) in [7, 11) is 3.11. The Morgan fingerprint density at radius 1 is 1.25 bits per heavy atom. The summed E-state index contributed by atoms with van der Waals surface area (Å²) in [5, 5.41) is 4.17. The molecular formula is C15H18N2O3. The largest absolute Gasteiger partial charge is 0.497 e. The summed E-state index contributed by atoms with van der Waals surface area (Å²) in [6, 6.07) is 6.90. The lowest BCUT2D eigenvalue weighted by atomic mass is 10.1. The Balaban J connectivity index is 2.44. The number of ketones is 1. The molecule has 106 valence electrons. The van der Waals surface area contributed by atoms with Crippen LogP contribution in [0.25, 0.3) is 0 Å². The van der Waals surface area contributed by atoms with Crippen LogP contribution in [0.1, 0.15) is 29.4 Å². The van der Waals surface area contributed by atoms with Gasteiger partial charge in [-0.3, -0.25) is 9.48 Å². The second-order valence-corrected chi connectivity index (χ2v) is 4.33. The zero-order valence-electron chi connectivity index (χ0n) is 11.9. The standard InChI is InChI=1S/C15H18N2O3/c1-4-9-17-13(7-8-16-17)15(18)12-10-11(19-2)5-6-14(12)20-3/h5-8,10H,4,9H2,1-3H3. The number of nitrogens with zero attached hydrogens (tertiary/aromatic N) is 2. The minimum Gasteiger partial charge on any atom is -0.497 e. The topological polar surface area (TPSA) is 53.4 Å². The van der Waals surface area contributed by atoms with Crippen molar-refractivity contribution < 1.29 is 14.3 Å². The van der Waals surface area contributed by atoms with Crippen LogP contribution in [-0.2, 0) is 6.54 Å². The Hall–Kier alpha value is -2.30. The molecule has 2 aromatic rings. The molecule has 0 spiro atoms. The molecule has 0 fully saturated rings. The number of benzene rings is 1. The van der Waals surface area contributed by atoms with Crippen LogP contribution in [0.15, 0.2) is 30.5 Å². The Labute approximate surface area is 118 Å². The summed E-state index contributed by atoms with van der Waals surface area (Å²) in [4.78, 5) is 12.7. The minimum absolute atomic E-state index is 0.119. The normalized spacial score (nSPS) is 10.3. The number of methoxy groups -OCH3 is 2. The number of carbonyl (C=O) groups is 1. The fourth-order valence-electron chi connectivity index (χ4n) is 2.05. The number of hydrogen-bond acceptors (Lipinski definition) is 4. The molecule has 0 aliphatic rings. The number of rotatable bonds is 6. The van der Waals surface area contributed by atoms with Gasteiger partial charge in [0.25, 0.3) is 0 Å². The molecule has 0 saturated carbocycles. The molecule has 2 rings (SSSR count). The summed E-state index contributed by atoms with van der Waals surface area (Å²) in [6.45, 7) is 2.75. The molecule has 0 amide bonds. The van der Waals surface area contributed by atoms with E-state index in [9.17, 15) is 4.79 Å². The number of ether oxygens (including phenoxy) is 2. The first kappa shape index (κ1) is 14.1. The maximum Gasteiger partial charge on any atom is 0.214 e. The lowest BCUT2D eigenvalue weighted by Crippen LogP contribution is -2.12. The summed E-state index contributed by atoms with van der Waals surface area (Å²) < 4.78 is 12.1. The molecule has 0 radical (unpaired) electrons. The summed E-state index contributed by atoms with van der Waals surface area (Å²) >= 11 is 0. The molecule has 0 aliphatic carbocycles. The van der Waals surface area contributed by atoms with Crippen LogP contribution in [-0.4, -0.2) is 29.8 Å². The summed E-state index contributed by atoms with van der Waals surface area (Å²) in [6.07, 6.45) is 2.55. The predicted octanol–water partition coefficient (Wildman–Crippen LogP) is 2.54. The van der Waals surface area contributed by atoms with E-state index in [0.717, 1.165) is 6.42 Å². The maximum absolute atomic E-state index is 12.7. The van der Waals surface area contributed by atoms with E-state index in [1.807, 2.05) is 6.92 Å². The molecule has 20 heavy (non-hydrogen) atoms. The first-order valence-electron chi connectivity index (χ1n) is 6.49. The van der Waals surface area contributed by atoms with Crippen molar-refractivity contribution in [3.05, 3.63) is 41.7 Å². The van der Waals surface area contributed by atoms with Gasteiger partial charge < -0.3 is 9.47 Å². The minimum atomic E-state index is -0.119. The molecule has 1 heterocycles. The van der Waals surface area contributed by atoms with Crippen molar-refractivity contribution in [2.24, 2.45) is 0 Å². The highest BCUT2D eigenvalue weighted by molar-refractivity contribution is 6.09. The molecule has 0 unspecified atom stereocenters. The van der Waals surface area contributed by atoms with Crippen molar-refractivity contribution in [2.75, 3.05) is 14.2 Å². The average molecular weight is 274 g/mol. The third-order valence-electron chi connectivity index (χ3n) is 3.04. The second-order valence-electron chi connectivity index (χ2n) is 4.33. The molecule has 5 heteroatoms. The number of aryl methyl sites for hydroxylation is 1. The molecule has 1 aromatic heterocycles. The van der Waals surface area contributed by atoms with Gasteiger partial charge in [0, 0.05) is 12.7 Å². The summed E-state index contributed by atoms with van der Waals surface area (Å²) in [5.41, 5.74) is 1.03. The third-order valence-corrected chi connectivity index (χ3v) is 3.04. The van der Waals surface area contributed by atoms with Gasteiger partial charge in [0.05, 0.1) is 19.8 Å². The van der Waals surface area contributed by atoms with Gasteiger partial charge in [0.1, 0.15) is 17.2 Å². The van der Waals surface area contributed by atoms with Crippen LogP contribution in [0.4, 0.5) is 0 Å². The van der Waals surface area contributed by atoms with E-state index in [4.69, 9.17) is 9.47 Å². The Bertz CT molecular complexity index is 605. The van der Waals surface area contributed by atoms with Crippen molar-refractivity contribution in [1.29, 1.82) is 0 Å². The van der Waals surface area contributed by atoms with Crippen molar-refractivity contribution >= 4 is 5.78 Å². The van der Waals surface area contributed by atoms with E-state index in [1.165, 1.54) is 0 Å². The first-order valence-corrected chi connectivity index (χ1v) is 6.49. The Kier molecular flexibility index (Phi) is 4.40. The number of aromatic nitrogens is 2. The zero-order valence-corrected chi connectivity index (χ0v) is 11.9. The zero-order chi connectivity index (χ0) is 14.5. The molecule has 0 saturated heterocycles. The average Bonchev–Trinajstić information content (AvgIpc) is 2.94. The SMILES string of the molecule is CCCn1nccc1C(=O)c1cc(OC)ccc1OC. The van der Waals surface area contributed by atoms with Crippen molar-refractivity contribution in [3.8, 4) is 11.5 Å².